The minimum atomic E-state index is -3.41. The molecule has 1 fully saturated rings. The van der Waals surface area contributed by atoms with E-state index in [0.717, 1.165) is 18.5 Å². The lowest BCUT2D eigenvalue weighted by Gasteiger charge is -2.27. The van der Waals surface area contributed by atoms with Crippen molar-refractivity contribution in [2.45, 2.75) is 18.9 Å². The first kappa shape index (κ1) is 13.5. The van der Waals surface area contributed by atoms with E-state index in [1.807, 2.05) is 16.7 Å². The Hall–Kier alpha value is -1.51. The van der Waals surface area contributed by atoms with Crippen LogP contribution in [0.2, 0.25) is 0 Å². The van der Waals surface area contributed by atoms with Gasteiger partial charge in [0.1, 0.15) is 0 Å². The van der Waals surface area contributed by atoms with Crippen LogP contribution in [0, 0.1) is 0 Å². The van der Waals surface area contributed by atoms with Crippen molar-refractivity contribution in [2.75, 3.05) is 20.6 Å². The Morgan fingerprint density at radius 1 is 1.30 bits per heavy atom. The number of nitrogens with zero attached hydrogens (tertiary/aromatic N) is 5. The minimum absolute atomic E-state index is 0.165. The molecule has 0 aromatic carbocycles. The molecule has 1 aliphatic rings. The van der Waals surface area contributed by atoms with Crippen LogP contribution in [0.3, 0.4) is 0 Å². The van der Waals surface area contributed by atoms with Crippen molar-refractivity contribution in [2.24, 2.45) is 0 Å². The maximum absolute atomic E-state index is 12.4. The SMILES string of the molecule is CN(C)S(=O)(=O)N1CCCC1c1ccnc2nccn12. The van der Waals surface area contributed by atoms with Gasteiger partial charge >= 0.3 is 0 Å². The van der Waals surface area contributed by atoms with Crippen LogP contribution in [0.5, 0.6) is 0 Å². The molecule has 0 saturated carbocycles. The summed E-state index contributed by atoms with van der Waals surface area (Å²) in [5.41, 5.74) is 0.912. The van der Waals surface area contributed by atoms with E-state index in [-0.39, 0.29) is 6.04 Å². The number of fused-ring (bicyclic) bond motifs is 1. The van der Waals surface area contributed by atoms with Crippen molar-refractivity contribution in [3.8, 4) is 0 Å². The molecule has 2 aromatic heterocycles. The summed E-state index contributed by atoms with van der Waals surface area (Å²) >= 11 is 0. The number of imidazole rings is 1. The van der Waals surface area contributed by atoms with Crippen LogP contribution >= 0.6 is 0 Å². The van der Waals surface area contributed by atoms with Crippen molar-refractivity contribution in [1.29, 1.82) is 0 Å². The van der Waals surface area contributed by atoms with Crippen LogP contribution in [-0.4, -0.2) is 52.0 Å². The van der Waals surface area contributed by atoms with Crippen LogP contribution < -0.4 is 0 Å². The summed E-state index contributed by atoms with van der Waals surface area (Å²) in [6.45, 7) is 0.545. The Morgan fingerprint density at radius 2 is 2.05 bits per heavy atom. The molecule has 0 spiro atoms. The summed E-state index contributed by atoms with van der Waals surface area (Å²) < 4.78 is 29.5. The second-order valence-corrected chi connectivity index (χ2v) is 7.12. The summed E-state index contributed by atoms with van der Waals surface area (Å²) in [5.74, 6) is 0.594. The van der Waals surface area contributed by atoms with E-state index in [0.29, 0.717) is 12.3 Å². The second-order valence-electron chi connectivity index (χ2n) is 5.03. The Kier molecular flexibility index (Phi) is 3.23. The smallest absolute Gasteiger partial charge is 0.282 e. The maximum Gasteiger partial charge on any atom is 0.282 e. The highest BCUT2D eigenvalue weighted by atomic mass is 32.2. The lowest BCUT2D eigenvalue weighted by Crippen LogP contribution is -2.39. The minimum Gasteiger partial charge on any atom is -0.287 e. The fraction of sp³-hybridized carbons (Fsp3) is 0.500. The standard InChI is InChI=1S/C12H17N5O2S/c1-15(2)20(18,19)17-8-3-4-11(17)10-5-6-13-12-14-7-9-16(10)12/h5-7,9,11H,3-4,8H2,1-2H3. The van der Waals surface area contributed by atoms with E-state index >= 15 is 0 Å². The van der Waals surface area contributed by atoms with Gasteiger partial charge in [0.25, 0.3) is 10.2 Å². The van der Waals surface area contributed by atoms with Gasteiger partial charge in [-0.3, -0.25) is 4.40 Å². The monoisotopic (exact) mass is 295 g/mol. The molecule has 1 saturated heterocycles. The first-order valence-electron chi connectivity index (χ1n) is 6.49. The van der Waals surface area contributed by atoms with Crippen molar-refractivity contribution in [1.82, 2.24) is 23.0 Å². The average molecular weight is 295 g/mol. The fourth-order valence-corrected chi connectivity index (χ4v) is 3.96. The predicted octanol–water partition coefficient (Wildman–Crippen LogP) is 0.673. The van der Waals surface area contributed by atoms with Gasteiger partial charge < -0.3 is 0 Å². The molecule has 1 atom stereocenters. The second kappa shape index (κ2) is 4.80. The molecule has 1 aliphatic heterocycles. The first-order valence-corrected chi connectivity index (χ1v) is 7.89. The average Bonchev–Trinajstić information content (AvgIpc) is 3.07. The molecular formula is C12H17N5O2S. The number of aromatic nitrogens is 3. The van der Waals surface area contributed by atoms with Gasteiger partial charge in [0.05, 0.1) is 6.04 Å². The van der Waals surface area contributed by atoms with Gasteiger partial charge in [0, 0.05) is 44.9 Å². The maximum atomic E-state index is 12.4. The Labute approximate surface area is 118 Å². The van der Waals surface area contributed by atoms with E-state index in [2.05, 4.69) is 9.97 Å². The zero-order chi connectivity index (χ0) is 14.3. The quantitative estimate of drug-likeness (QED) is 0.834. The van der Waals surface area contributed by atoms with E-state index in [1.165, 1.54) is 4.31 Å². The third kappa shape index (κ3) is 2.00. The number of hydrogen-bond donors (Lipinski definition) is 0. The molecule has 20 heavy (non-hydrogen) atoms. The summed E-state index contributed by atoms with van der Waals surface area (Å²) in [6.07, 6.45) is 6.83. The molecule has 3 rings (SSSR count). The molecule has 0 aliphatic carbocycles. The number of hydrogen-bond acceptors (Lipinski definition) is 4. The largest absolute Gasteiger partial charge is 0.287 e. The van der Waals surface area contributed by atoms with E-state index in [9.17, 15) is 8.42 Å². The van der Waals surface area contributed by atoms with Crippen LogP contribution in [-0.2, 0) is 10.2 Å². The molecule has 7 nitrogen and oxygen atoms in total. The van der Waals surface area contributed by atoms with Gasteiger partial charge in [-0.2, -0.15) is 17.0 Å². The van der Waals surface area contributed by atoms with Gasteiger partial charge in [-0.15, -0.1) is 0 Å². The van der Waals surface area contributed by atoms with Crippen LogP contribution in [0.4, 0.5) is 0 Å². The van der Waals surface area contributed by atoms with Crippen molar-refractivity contribution < 1.29 is 8.42 Å². The molecule has 0 bridgehead atoms. The normalized spacial score (nSPS) is 21.1. The molecule has 8 heteroatoms. The molecule has 108 valence electrons. The lowest BCUT2D eigenvalue weighted by molar-refractivity contribution is 0.356. The van der Waals surface area contributed by atoms with Crippen LogP contribution in [0.15, 0.2) is 24.7 Å². The first-order chi connectivity index (χ1) is 9.51. The Bertz CT molecular complexity index is 724. The van der Waals surface area contributed by atoms with Crippen molar-refractivity contribution >= 4 is 16.0 Å². The zero-order valence-corrected chi connectivity index (χ0v) is 12.3. The van der Waals surface area contributed by atoms with Crippen LogP contribution in [0.25, 0.3) is 5.78 Å². The van der Waals surface area contributed by atoms with Gasteiger partial charge in [-0.25, -0.2) is 9.97 Å². The van der Waals surface area contributed by atoms with Crippen molar-refractivity contribution in [3.05, 3.63) is 30.4 Å². The summed E-state index contributed by atoms with van der Waals surface area (Å²) in [4.78, 5) is 8.32. The summed E-state index contributed by atoms with van der Waals surface area (Å²) in [7, 11) is -0.294. The van der Waals surface area contributed by atoms with Crippen LogP contribution in [0.1, 0.15) is 24.6 Å². The molecule has 0 radical (unpaired) electrons. The highest BCUT2D eigenvalue weighted by Crippen LogP contribution is 2.34. The molecular weight excluding hydrogens is 278 g/mol. The third-order valence-corrected chi connectivity index (χ3v) is 5.59. The Balaban J connectivity index is 2.07. The highest BCUT2D eigenvalue weighted by molar-refractivity contribution is 7.86. The highest BCUT2D eigenvalue weighted by Gasteiger charge is 2.37. The van der Waals surface area contributed by atoms with Gasteiger partial charge in [0.15, 0.2) is 0 Å². The Morgan fingerprint density at radius 3 is 2.80 bits per heavy atom. The molecule has 0 amide bonds. The third-order valence-electron chi connectivity index (χ3n) is 3.64. The van der Waals surface area contributed by atoms with Crippen molar-refractivity contribution in [3.63, 3.8) is 0 Å². The van der Waals surface area contributed by atoms with E-state index in [1.54, 1.807) is 30.8 Å². The predicted molar refractivity (Wildman–Crippen MR) is 74.3 cm³/mol. The summed E-state index contributed by atoms with van der Waals surface area (Å²) in [6, 6.07) is 1.70. The molecule has 3 heterocycles. The van der Waals surface area contributed by atoms with Gasteiger partial charge in [-0.1, -0.05) is 0 Å². The zero-order valence-electron chi connectivity index (χ0n) is 11.5. The van der Waals surface area contributed by atoms with Gasteiger partial charge in [0.2, 0.25) is 5.78 Å². The molecule has 1 unspecified atom stereocenters. The van der Waals surface area contributed by atoms with Gasteiger partial charge in [-0.05, 0) is 18.9 Å². The fourth-order valence-electron chi connectivity index (χ4n) is 2.65. The van der Waals surface area contributed by atoms with E-state index < -0.39 is 10.2 Å². The summed E-state index contributed by atoms with van der Waals surface area (Å²) in [5, 5.41) is 0. The number of rotatable bonds is 3. The molecule has 2 aromatic rings. The van der Waals surface area contributed by atoms with E-state index in [4.69, 9.17) is 0 Å². The molecule has 0 N–H and O–H groups in total. The lowest BCUT2D eigenvalue weighted by atomic mass is 10.1. The topological polar surface area (TPSA) is 70.8 Å².